The van der Waals surface area contributed by atoms with Gasteiger partial charge >= 0.3 is 0 Å². The predicted octanol–water partition coefficient (Wildman–Crippen LogP) is 3.92. The van der Waals surface area contributed by atoms with Crippen LogP contribution < -0.4 is 0 Å². The van der Waals surface area contributed by atoms with E-state index in [0.29, 0.717) is 12.3 Å². The summed E-state index contributed by atoms with van der Waals surface area (Å²) >= 11 is 3.52. The Morgan fingerprint density at radius 1 is 1.47 bits per heavy atom. The predicted molar refractivity (Wildman–Crippen MR) is 67.0 cm³/mol. The molecule has 0 radical (unpaired) electrons. The average molecular weight is 269 g/mol. The molecule has 0 heterocycles. The third-order valence-electron chi connectivity index (χ3n) is 2.46. The van der Waals surface area contributed by atoms with Crippen LogP contribution in [0.3, 0.4) is 0 Å². The molecule has 1 unspecified atom stereocenters. The van der Waals surface area contributed by atoms with Crippen molar-refractivity contribution in [2.75, 3.05) is 0 Å². The van der Waals surface area contributed by atoms with Gasteiger partial charge in [0.15, 0.2) is 0 Å². The van der Waals surface area contributed by atoms with Crippen molar-refractivity contribution in [3.8, 4) is 0 Å². The van der Waals surface area contributed by atoms with Crippen LogP contribution in [0.5, 0.6) is 0 Å². The van der Waals surface area contributed by atoms with Crippen LogP contribution in [0.2, 0.25) is 0 Å². The van der Waals surface area contributed by atoms with Crippen LogP contribution in [0, 0.1) is 12.8 Å². The molecule has 0 N–H and O–H groups in total. The Morgan fingerprint density at radius 3 is 2.67 bits per heavy atom. The molecule has 0 bridgehead atoms. The summed E-state index contributed by atoms with van der Waals surface area (Å²) in [4.78, 5) is 11.0. The topological polar surface area (TPSA) is 17.1 Å². The first kappa shape index (κ1) is 12.4. The van der Waals surface area contributed by atoms with Crippen LogP contribution in [0.15, 0.2) is 22.7 Å². The van der Waals surface area contributed by atoms with E-state index < -0.39 is 0 Å². The van der Waals surface area contributed by atoms with E-state index in [9.17, 15) is 4.79 Å². The highest BCUT2D eigenvalue weighted by Crippen LogP contribution is 2.20. The van der Waals surface area contributed by atoms with E-state index in [1.807, 2.05) is 0 Å². The van der Waals surface area contributed by atoms with Crippen LogP contribution in [-0.2, 0) is 11.2 Å². The molecular formula is C13H17BrO. The van der Waals surface area contributed by atoms with E-state index in [4.69, 9.17) is 0 Å². The molecule has 1 aromatic rings. The monoisotopic (exact) mass is 268 g/mol. The summed E-state index contributed by atoms with van der Waals surface area (Å²) < 4.78 is 1.15. The molecule has 1 aromatic carbocycles. The summed E-state index contributed by atoms with van der Waals surface area (Å²) in [5.41, 5.74) is 2.54. The van der Waals surface area contributed by atoms with Gasteiger partial charge in [0.2, 0.25) is 0 Å². The molecule has 2 heteroatoms. The average Bonchev–Trinajstić information content (AvgIpc) is 2.10. The van der Waals surface area contributed by atoms with Crippen molar-refractivity contribution in [2.45, 2.75) is 33.6 Å². The zero-order chi connectivity index (χ0) is 11.4. The largest absolute Gasteiger partial charge is 0.300 e. The number of carbonyl (C=O) groups excluding carboxylic acids is 1. The molecule has 1 atom stereocenters. The van der Waals surface area contributed by atoms with Crippen molar-refractivity contribution in [1.29, 1.82) is 0 Å². The van der Waals surface area contributed by atoms with Crippen LogP contribution in [0.4, 0.5) is 0 Å². The second kappa shape index (κ2) is 5.45. The third kappa shape index (κ3) is 4.17. The van der Waals surface area contributed by atoms with Gasteiger partial charge in [0.05, 0.1) is 0 Å². The fourth-order valence-electron chi connectivity index (χ4n) is 1.73. The molecule has 15 heavy (non-hydrogen) atoms. The quantitative estimate of drug-likeness (QED) is 0.809. The van der Waals surface area contributed by atoms with Gasteiger partial charge in [0.25, 0.3) is 0 Å². The van der Waals surface area contributed by atoms with Gasteiger partial charge in [-0.2, -0.15) is 0 Å². The minimum Gasteiger partial charge on any atom is -0.300 e. The highest BCUT2D eigenvalue weighted by molar-refractivity contribution is 9.10. The highest BCUT2D eigenvalue weighted by Gasteiger charge is 2.07. The fourth-order valence-corrected chi connectivity index (χ4v) is 2.15. The van der Waals surface area contributed by atoms with Gasteiger partial charge in [0.1, 0.15) is 5.78 Å². The van der Waals surface area contributed by atoms with E-state index in [0.717, 1.165) is 10.9 Å². The number of ketones is 1. The van der Waals surface area contributed by atoms with E-state index >= 15 is 0 Å². The lowest BCUT2D eigenvalue weighted by Gasteiger charge is -2.10. The van der Waals surface area contributed by atoms with Gasteiger partial charge in [-0.15, -0.1) is 0 Å². The number of hydrogen-bond donors (Lipinski definition) is 0. The van der Waals surface area contributed by atoms with Gasteiger partial charge in [0, 0.05) is 10.9 Å². The molecule has 0 aliphatic carbocycles. The summed E-state index contributed by atoms with van der Waals surface area (Å²) in [6.45, 7) is 5.85. The fraction of sp³-hybridized carbons (Fsp3) is 0.462. The molecule has 1 rings (SSSR count). The third-order valence-corrected chi connectivity index (χ3v) is 3.31. The van der Waals surface area contributed by atoms with Gasteiger partial charge < -0.3 is 4.79 Å². The molecule has 0 aromatic heterocycles. The summed E-state index contributed by atoms with van der Waals surface area (Å²) in [6.07, 6.45) is 1.64. The van der Waals surface area contributed by atoms with Gasteiger partial charge in [-0.25, -0.2) is 0 Å². The highest BCUT2D eigenvalue weighted by atomic mass is 79.9. The number of aryl methyl sites for hydroxylation is 1. The maximum absolute atomic E-state index is 11.0. The van der Waals surface area contributed by atoms with E-state index in [2.05, 4.69) is 48.0 Å². The molecule has 0 aliphatic heterocycles. The minimum atomic E-state index is 0.272. The SMILES string of the molecule is CC(=O)CC(C)Cc1ccc(C)c(Br)c1. The Labute approximate surface area is 100 Å². The maximum Gasteiger partial charge on any atom is 0.130 e. The number of halogens is 1. The van der Waals surface area contributed by atoms with Crippen LogP contribution in [0.25, 0.3) is 0 Å². The Kier molecular flexibility index (Phi) is 4.52. The molecule has 0 aliphatic rings. The second-order valence-electron chi connectivity index (χ2n) is 4.30. The van der Waals surface area contributed by atoms with Crippen molar-refractivity contribution in [3.63, 3.8) is 0 Å². The molecular weight excluding hydrogens is 252 g/mol. The molecule has 1 nitrogen and oxygen atoms in total. The Morgan fingerprint density at radius 2 is 2.13 bits per heavy atom. The lowest BCUT2D eigenvalue weighted by molar-refractivity contribution is -0.117. The van der Waals surface area contributed by atoms with Crippen LogP contribution in [0.1, 0.15) is 31.4 Å². The number of Topliss-reactive ketones (excluding diaryl/α,β-unsaturated/α-hetero) is 1. The van der Waals surface area contributed by atoms with Gasteiger partial charge in [-0.3, -0.25) is 0 Å². The Hall–Kier alpha value is -0.630. The Bertz CT molecular complexity index is 358. The first-order chi connectivity index (χ1) is 6.99. The molecule has 82 valence electrons. The molecule has 0 saturated carbocycles. The van der Waals surface area contributed by atoms with E-state index in [1.54, 1.807) is 6.92 Å². The first-order valence-corrected chi connectivity index (χ1v) is 6.03. The van der Waals surface area contributed by atoms with Crippen molar-refractivity contribution in [2.24, 2.45) is 5.92 Å². The van der Waals surface area contributed by atoms with E-state index in [1.165, 1.54) is 11.1 Å². The number of carbonyl (C=O) groups is 1. The van der Waals surface area contributed by atoms with Crippen LogP contribution >= 0.6 is 15.9 Å². The zero-order valence-corrected chi connectivity index (χ0v) is 11.1. The molecule has 0 amide bonds. The van der Waals surface area contributed by atoms with Crippen LogP contribution in [-0.4, -0.2) is 5.78 Å². The standard InChI is InChI=1S/C13H17BrO/c1-9(6-11(3)15)7-12-5-4-10(2)13(14)8-12/h4-5,8-9H,6-7H2,1-3H3. The normalized spacial score (nSPS) is 12.5. The maximum atomic E-state index is 11.0. The molecule has 0 saturated heterocycles. The minimum absolute atomic E-state index is 0.272. The van der Waals surface area contributed by atoms with Crippen molar-refractivity contribution in [3.05, 3.63) is 33.8 Å². The smallest absolute Gasteiger partial charge is 0.130 e. The number of hydrogen-bond acceptors (Lipinski definition) is 1. The van der Waals surface area contributed by atoms with Gasteiger partial charge in [-0.05, 0) is 43.4 Å². The second-order valence-corrected chi connectivity index (χ2v) is 5.15. The summed E-state index contributed by atoms with van der Waals surface area (Å²) in [5, 5.41) is 0. The van der Waals surface area contributed by atoms with Crippen molar-refractivity contribution in [1.82, 2.24) is 0 Å². The van der Waals surface area contributed by atoms with Gasteiger partial charge in [-0.1, -0.05) is 35.0 Å². The zero-order valence-electron chi connectivity index (χ0n) is 9.51. The molecule has 0 fully saturated rings. The molecule has 0 spiro atoms. The van der Waals surface area contributed by atoms with E-state index in [-0.39, 0.29) is 5.78 Å². The first-order valence-electron chi connectivity index (χ1n) is 5.23. The number of benzene rings is 1. The summed E-state index contributed by atoms with van der Waals surface area (Å²) in [7, 11) is 0. The number of rotatable bonds is 4. The Balaban J connectivity index is 2.64. The summed E-state index contributed by atoms with van der Waals surface area (Å²) in [6, 6.07) is 6.39. The van der Waals surface area contributed by atoms with Crippen molar-refractivity contribution < 1.29 is 4.79 Å². The van der Waals surface area contributed by atoms with Crippen molar-refractivity contribution >= 4 is 21.7 Å². The lowest BCUT2D eigenvalue weighted by Crippen LogP contribution is -2.05. The lowest BCUT2D eigenvalue weighted by atomic mass is 9.96. The summed E-state index contributed by atoms with van der Waals surface area (Å²) in [5.74, 6) is 0.700.